The van der Waals surface area contributed by atoms with Crippen molar-refractivity contribution < 1.29 is 17.9 Å². The third-order valence-electron chi connectivity index (χ3n) is 2.30. The Balaban J connectivity index is 2.07. The van der Waals surface area contributed by atoms with Crippen LogP contribution in [0, 0.1) is 0 Å². The van der Waals surface area contributed by atoms with Crippen LogP contribution in [-0.4, -0.2) is 30.9 Å². The number of hydrogen-bond acceptors (Lipinski definition) is 6. The molecule has 0 fully saturated rings. The zero-order chi connectivity index (χ0) is 13.0. The van der Waals surface area contributed by atoms with Gasteiger partial charge < -0.3 is 9.52 Å². The number of aliphatic hydroxyl groups excluding tert-OH is 1. The number of nitrogens with zero attached hydrogens (tertiary/aromatic N) is 1. The van der Waals surface area contributed by atoms with E-state index in [1.165, 1.54) is 11.3 Å². The molecule has 0 saturated heterocycles. The van der Waals surface area contributed by atoms with Crippen molar-refractivity contribution >= 4 is 21.2 Å². The first-order chi connectivity index (χ1) is 8.61. The Morgan fingerprint density at radius 3 is 2.94 bits per heavy atom. The first-order valence-electron chi connectivity index (χ1n) is 5.39. The van der Waals surface area contributed by atoms with Gasteiger partial charge >= 0.3 is 0 Å². The number of aromatic nitrogens is 1. The fourth-order valence-corrected chi connectivity index (χ4v) is 3.70. The smallest absolute Gasteiger partial charge is 0.156 e. The molecule has 0 aromatic carbocycles. The highest BCUT2D eigenvalue weighted by molar-refractivity contribution is 7.90. The van der Waals surface area contributed by atoms with E-state index in [2.05, 4.69) is 4.98 Å². The van der Waals surface area contributed by atoms with Crippen molar-refractivity contribution in [2.75, 3.05) is 12.4 Å². The van der Waals surface area contributed by atoms with Gasteiger partial charge in [-0.05, 0) is 12.5 Å². The topological polar surface area (TPSA) is 80.4 Å². The summed E-state index contributed by atoms with van der Waals surface area (Å²) in [5.41, 5.74) is 1.38. The molecule has 0 aliphatic rings. The molecule has 2 aromatic heterocycles. The molecule has 7 heteroatoms. The molecule has 0 spiro atoms. The van der Waals surface area contributed by atoms with Gasteiger partial charge in [-0.2, -0.15) is 0 Å². The molecular formula is C11H13NO4S2. The third kappa shape index (κ3) is 3.41. The Morgan fingerprint density at radius 2 is 2.28 bits per heavy atom. The van der Waals surface area contributed by atoms with E-state index in [1.807, 2.05) is 0 Å². The molecule has 0 amide bonds. The van der Waals surface area contributed by atoms with Crippen LogP contribution in [0.15, 0.2) is 28.4 Å². The average molecular weight is 287 g/mol. The quantitative estimate of drug-likeness (QED) is 0.874. The summed E-state index contributed by atoms with van der Waals surface area (Å²) in [5, 5.41) is 11.1. The van der Waals surface area contributed by atoms with Crippen LogP contribution in [0.5, 0.6) is 0 Å². The van der Waals surface area contributed by atoms with Gasteiger partial charge in [0, 0.05) is 17.6 Å². The van der Waals surface area contributed by atoms with E-state index < -0.39 is 9.84 Å². The second-order valence-corrected chi connectivity index (χ2v) is 6.87. The van der Waals surface area contributed by atoms with Crippen LogP contribution in [0.2, 0.25) is 0 Å². The van der Waals surface area contributed by atoms with E-state index in [4.69, 9.17) is 9.52 Å². The third-order valence-corrected chi connectivity index (χ3v) is 4.89. The van der Waals surface area contributed by atoms with Gasteiger partial charge in [0.25, 0.3) is 0 Å². The summed E-state index contributed by atoms with van der Waals surface area (Å²) >= 11 is 1.39. The maximum Gasteiger partial charge on any atom is 0.156 e. The van der Waals surface area contributed by atoms with Crippen LogP contribution < -0.4 is 0 Å². The molecule has 0 bridgehead atoms. The normalized spacial score (nSPS) is 11.8. The van der Waals surface area contributed by atoms with E-state index >= 15 is 0 Å². The summed E-state index contributed by atoms with van der Waals surface area (Å²) in [6.07, 6.45) is 3.39. The maximum atomic E-state index is 11.7. The highest BCUT2D eigenvalue weighted by Crippen LogP contribution is 2.24. The Labute approximate surface area is 109 Å². The van der Waals surface area contributed by atoms with Gasteiger partial charge in [0.2, 0.25) is 0 Å². The zero-order valence-electron chi connectivity index (χ0n) is 9.57. The SMILES string of the molecule is O=S(=O)(CCCO)Cc1csc(-c2ccoc2)n1. The lowest BCUT2D eigenvalue weighted by molar-refractivity contribution is 0.295. The number of hydrogen-bond donors (Lipinski definition) is 1. The molecule has 2 rings (SSSR count). The van der Waals surface area contributed by atoms with Gasteiger partial charge in [-0.3, -0.25) is 0 Å². The summed E-state index contributed by atoms with van der Waals surface area (Å²) in [7, 11) is -3.19. The van der Waals surface area contributed by atoms with E-state index in [9.17, 15) is 8.42 Å². The predicted octanol–water partition coefficient (Wildman–Crippen LogP) is 1.70. The minimum atomic E-state index is -3.19. The molecule has 98 valence electrons. The lowest BCUT2D eigenvalue weighted by Crippen LogP contribution is -2.10. The van der Waals surface area contributed by atoms with E-state index in [-0.39, 0.29) is 24.5 Å². The second kappa shape index (κ2) is 5.64. The van der Waals surface area contributed by atoms with Gasteiger partial charge in [0.05, 0.1) is 23.5 Å². The van der Waals surface area contributed by atoms with Crippen LogP contribution in [0.1, 0.15) is 12.1 Å². The largest absolute Gasteiger partial charge is 0.472 e. The van der Waals surface area contributed by atoms with Crippen molar-refractivity contribution in [2.24, 2.45) is 0 Å². The van der Waals surface area contributed by atoms with Crippen LogP contribution in [0.3, 0.4) is 0 Å². The first-order valence-corrected chi connectivity index (χ1v) is 8.09. The fraction of sp³-hybridized carbons (Fsp3) is 0.364. The molecule has 0 aliphatic heterocycles. The molecule has 5 nitrogen and oxygen atoms in total. The van der Waals surface area contributed by atoms with Crippen molar-refractivity contribution in [1.82, 2.24) is 4.98 Å². The molecule has 0 unspecified atom stereocenters. The lowest BCUT2D eigenvalue weighted by atomic mass is 10.4. The Morgan fingerprint density at radius 1 is 1.44 bits per heavy atom. The van der Waals surface area contributed by atoms with Crippen molar-refractivity contribution in [2.45, 2.75) is 12.2 Å². The number of furan rings is 1. The molecule has 0 radical (unpaired) electrons. The monoisotopic (exact) mass is 287 g/mol. The number of rotatable bonds is 6. The molecule has 1 N–H and O–H groups in total. The average Bonchev–Trinajstić information content (AvgIpc) is 2.95. The van der Waals surface area contributed by atoms with Gasteiger partial charge in [-0.25, -0.2) is 13.4 Å². The summed E-state index contributed by atoms with van der Waals surface area (Å²) in [6.45, 7) is -0.115. The molecule has 2 aromatic rings. The van der Waals surface area contributed by atoms with Gasteiger partial charge in [0.1, 0.15) is 11.3 Å². The van der Waals surface area contributed by atoms with Crippen molar-refractivity contribution in [1.29, 1.82) is 0 Å². The fourth-order valence-electron chi connectivity index (χ4n) is 1.47. The lowest BCUT2D eigenvalue weighted by Gasteiger charge is -1.99. The maximum absolute atomic E-state index is 11.7. The number of sulfone groups is 1. The van der Waals surface area contributed by atoms with E-state index in [1.54, 1.807) is 24.0 Å². The van der Waals surface area contributed by atoms with Crippen LogP contribution >= 0.6 is 11.3 Å². The number of aliphatic hydroxyl groups is 1. The van der Waals surface area contributed by atoms with Crippen molar-refractivity contribution in [3.05, 3.63) is 29.7 Å². The Kier molecular flexibility index (Phi) is 4.15. The molecule has 0 atom stereocenters. The summed E-state index contributed by atoms with van der Waals surface area (Å²) in [6, 6.07) is 1.78. The highest BCUT2D eigenvalue weighted by Gasteiger charge is 2.14. The standard InChI is InChI=1S/C11H13NO4S2/c13-3-1-5-18(14,15)8-10-7-17-11(12-10)9-2-4-16-6-9/h2,4,6-7,13H,1,3,5,8H2. The number of thiazole rings is 1. The Hall–Kier alpha value is -1.18. The summed E-state index contributed by atoms with van der Waals surface area (Å²) in [4.78, 5) is 4.26. The first kappa shape index (κ1) is 13.3. The molecular weight excluding hydrogens is 274 g/mol. The van der Waals surface area contributed by atoms with Crippen LogP contribution in [0.4, 0.5) is 0 Å². The molecule has 18 heavy (non-hydrogen) atoms. The Bertz CT molecular complexity index is 586. The van der Waals surface area contributed by atoms with Crippen molar-refractivity contribution in [3.8, 4) is 10.6 Å². The second-order valence-electron chi connectivity index (χ2n) is 3.83. The van der Waals surface area contributed by atoms with E-state index in [0.29, 0.717) is 5.69 Å². The van der Waals surface area contributed by atoms with Gasteiger partial charge in [-0.15, -0.1) is 11.3 Å². The zero-order valence-corrected chi connectivity index (χ0v) is 11.2. The molecule has 2 heterocycles. The van der Waals surface area contributed by atoms with E-state index in [0.717, 1.165) is 10.6 Å². The minimum Gasteiger partial charge on any atom is -0.472 e. The van der Waals surface area contributed by atoms with Crippen molar-refractivity contribution in [3.63, 3.8) is 0 Å². The summed E-state index contributed by atoms with van der Waals surface area (Å²) in [5.74, 6) is -0.0938. The molecule has 0 aliphatic carbocycles. The predicted molar refractivity (Wildman–Crippen MR) is 69.0 cm³/mol. The highest BCUT2D eigenvalue weighted by atomic mass is 32.2. The summed E-state index contributed by atoms with van der Waals surface area (Å²) < 4.78 is 28.3. The van der Waals surface area contributed by atoms with Gasteiger partial charge in [0.15, 0.2) is 9.84 Å². The minimum absolute atomic E-state index is 0.0118. The van der Waals surface area contributed by atoms with Crippen LogP contribution in [0.25, 0.3) is 10.6 Å². The van der Waals surface area contributed by atoms with Gasteiger partial charge in [-0.1, -0.05) is 0 Å². The molecule has 0 saturated carbocycles. The van der Waals surface area contributed by atoms with Crippen LogP contribution in [-0.2, 0) is 15.6 Å².